The minimum atomic E-state index is -1.04. The molecule has 2 aromatic rings. The van der Waals surface area contributed by atoms with Gasteiger partial charge in [0.2, 0.25) is 5.91 Å². The number of carboxylic acids is 1. The second-order valence-electron chi connectivity index (χ2n) is 4.85. The Morgan fingerprint density at radius 1 is 1.18 bits per heavy atom. The van der Waals surface area contributed by atoms with E-state index in [1.54, 1.807) is 42.7 Å². The van der Waals surface area contributed by atoms with Crippen LogP contribution >= 0.6 is 11.6 Å². The van der Waals surface area contributed by atoms with Gasteiger partial charge in [-0.2, -0.15) is 0 Å². The number of amides is 1. The zero-order valence-electron chi connectivity index (χ0n) is 11.9. The summed E-state index contributed by atoms with van der Waals surface area (Å²) < 4.78 is 5.17. The van der Waals surface area contributed by atoms with Crippen LogP contribution in [0.3, 0.4) is 0 Å². The molecule has 6 heteroatoms. The molecular weight excluding hydrogens is 306 g/mol. The molecule has 2 rings (SSSR count). The molecule has 0 atom stereocenters. The number of aryl methyl sites for hydroxylation is 1. The summed E-state index contributed by atoms with van der Waals surface area (Å²) in [4.78, 5) is 24.5. The Morgan fingerprint density at radius 2 is 1.91 bits per heavy atom. The molecule has 0 aliphatic heterocycles. The minimum absolute atomic E-state index is 0.203. The highest BCUT2D eigenvalue weighted by Crippen LogP contribution is 2.13. The molecule has 0 saturated carbocycles. The van der Waals surface area contributed by atoms with E-state index in [9.17, 15) is 9.59 Å². The van der Waals surface area contributed by atoms with Crippen molar-refractivity contribution in [2.24, 2.45) is 0 Å². The van der Waals surface area contributed by atoms with Crippen molar-refractivity contribution >= 4 is 23.5 Å². The van der Waals surface area contributed by atoms with Gasteiger partial charge in [0.25, 0.3) is 0 Å². The lowest BCUT2D eigenvalue weighted by atomic mass is 10.2. The third-order valence-electron chi connectivity index (χ3n) is 3.13. The second kappa shape index (κ2) is 7.66. The maximum atomic E-state index is 12.2. The van der Waals surface area contributed by atoms with Crippen LogP contribution in [-0.4, -0.2) is 28.4 Å². The number of furan rings is 1. The lowest BCUT2D eigenvalue weighted by Gasteiger charge is -2.20. The van der Waals surface area contributed by atoms with Gasteiger partial charge in [-0.1, -0.05) is 23.7 Å². The Labute approximate surface area is 133 Å². The predicted octanol–water partition coefficient (Wildman–Crippen LogP) is 2.98. The maximum Gasteiger partial charge on any atom is 0.323 e. The molecule has 0 unspecified atom stereocenters. The number of carboxylic acid groups (broad SMARTS) is 1. The molecule has 0 saturated heterocycles. The van der Waals surface area contributed by atoms with E-state index in [1.807, 2.05) is 0 Å². The maximum absolute atomic E-state index is 12.2. The minimum Gasteiger partial charge on any atom is -0.480 e. The highest BCUT2D eigenvalue weighted by Gasteiger charge is 2.17. The Hall–Kier alpha value is -2.27. The van der Waals surface area contributed by atoms with Crippen molar-refractivity contribution in [2.75, 3.05) is 6.54 Å². The fourth-order valence-corrected chi connectivity index (χ4v) is 2.17. The molecule has 0 radical (unpaired) electrons. The number of rotatable bonds is 7. The summed E-state index contributed by atoms with van der Waals surface area (Å²) in [6.07, 6.45) is 2.19. The number of nitrogens with zero attached hydrogens (tertiary/aromatic N) is 1. The number of hydrogen-bond donors (Lipinski definition) is 1. The highest BCUT2D eigenvalue weighted by molar-refractivity contribution is 6.30. The smallest absolute Gasteiger partial charge is 0.323 e. The third-order valence-corrected chi connectivity index (χ3v) is 3.38. The first-order valence-corrected chi connectivity index (χ1v) is 7.19. The number of halogens is 1. The van der Waals surface area contributed by atoms with Crippen molar-refractivity contribution in [2.45, 2.75) is 19.4 Å². The van der Waals surface area contributed by atoms with Gasteiger partial charge in [0.15, 0.2) is 0 Å². The Balaban J connectivity index is 1.99. The van der Waals surface area contributed by atoms with Crippen LogP contribution in [0.15, 0.2) is 47.1 Å². The first-order valence-electron chi connectivity index (χ1n) is 6.81. The van der Waals surface area contributed by atoms with E-state index in [4.69, 9.17) is 21.1 Å². The zero-order chi connectivity index (χ0) is 15.9. The largest absolute Gasteiger partial charge is 0.480 e. The lowest BCUT2D eigenvalue weighted by molar-refractivity contribution is -0.144. The fraction of sp³-hybridized carbons (Fsp3) is 0.250. The van der Waals surface area contributed by atoms with Crippen LogP contribution in [0, 0.1) is 0 Å². The molecule has 0 bridgehead atoms. The number of carbonyl (C=O) groups is 2. The van der Waals surface area contributed by atoms with Crippen LogP contribution in [0.2, 0.25) is 5.02 Å². The van der Waals surface area contributed by atoms with Crippen LogP contribution in [0.5, 0.6) is 0 Å². The van der Waals surface area contributed by atoms with E-state index in [0.717, 1.165) is 5.56 Å². The molecule has 0 aliphatic rings. The van der Waals surface area contributed by atoms with Gasteiger partial charge in [-0.15, -0.1) is 0 Å². The molecule has 0 fully saturated rings. The first kappa shape index (κ1) is 16.1. The highest BCUT2D eigenvalue weighted by atomic mass is 35.5. The van der Waals surface area contributed by atoms with Gasteiger partial charge in [-0.05, 0) is 29.8 Å². The molecule has 0 spiro atoms. The Bertz CT molecular complexity index is 622. The van der Waals surface area contributed by atoms with Crippen molar-refractivity contribution in [3.8, 4) is 0 Å². The predicted molar refractivity (Wildman–Crippen MR) is 81.5 cm³/mol. The van der Waals surface area contributed by atoms with E-state index < -0.39 is 5.97 Å². The van der Waals surface area contributed by atoms with E-state index in [-0.39, 0.29) is 25.4 Å². The van der Waals surface area contributed by atoms with Gasteiger partial charge in [0, 0.05) is 24.4 Å². The van der Waals surface area contributed by atoms with Crippen LogP contribution in [0.25, 0.3) is 0 Å². The molecule has 0 aliphatic carbocycles. The number of aliphatic carboxylic acids is 1. The summed E-state index contributed by atoms with van der Waals surface area (Å²) in [7, 11) is 0. The molecule has 1 aromatic heterocycles. The van der Waals surface area contributed by atoms with Gasteiger partial charge in [0.1, 0.15) is 12.3 Å². The molecule has 5 nitrogen and oxygen atoms in total. The average Bonchev–Trinajstić information content (AvgIpc) is 2.99. The number of hydrogen-bond acceptors (Lipinski definition) is 3. The van der Waals surface area contributed by atoms with Crippen molar-refractivity contribution in [3.05, 3.63) is 59.0 Å². The molecule has 1 heterocycles. The van der Waals surface area contributed by atoms with Gasteiger partial charge >= 0.3 is 5.97 Å². The monoisotopic (exact) mass is 321 g/mol. The van der Waals surface area contributed by atoms with Gasteiger partial charge in [-0.25, -0.2) is 0 Å². The van der Waals surface area contributed by atoms with E-state index in [2.05, 4.69) is 0 Å². The summed E-state index contributed by atoms with van der Waals surface area (Å²) >= 11 is 5.82. The van der Waals surface area contributed by atoms with Crippen molar-refractivity contribution in [1.82, 2.24) is 4.90 Å². The van der Waals surface area contributed by atoms with Gasteiger partial charge in [0.05, 0.1) is 6.26 Å². The van der Waals surface area contributed by atoms with E-state index in [1.165, 1.54) is 4.90 Å². The molecule has 1 N–H and O–H groups in total. The van der Waals surface area contributed by atoms with E-state index >= 15 is 0 Å². The second-order valence-corrected chi connectivity index (χ2v) is 5.29. The van der Waals surface area contributed by atoms with Crippen LogP contribution in [0.1, 0.15) is 17.7 Å². The fourth-order valence-electron chi connectivity index (χ4n) is 2.05. The van der Waals surface area contributed by atoms with Crippen LogP contribution in [0.4, 0.5) is 0 Å². The molecule has 116 valence electrons. The van der Waals surface area contributed by atoms with Crippen molar-refractivity contribution < 1.29 is 19.1 Å². The summed E-state index contributed by atoms with van der Waals surface area (Å²) in [5, 5.41) is 9.57. The average molecular weight is 322 g/mol. The normalized spacial score (nSPS) is 10.4. The summed E-state index contributed by atoms with van der Waals surface area (Å²) in [6.45, 7) is -0.0972. The number of carbonyl (C=O) groups excluding carboxylic acids is 1. The molecule has 1 aromatic carbocycles. The molecule has 22 heavy (non-hydrogen) atoms. The SMILES string of the molecule is O=C(O)CN(Cc1ccc(Cl)cc1)C(=O)CCc1ccco1. The summed E-state index contributed by atoms with van der Waals surface area (Å²) in [6, 6.07) is 10.5. The lowest BCUT2D eigenvalue weighted by Crippen LogP contribution is -2.35. The van der Waals surface area contributed by atoms with Gasteiger partial charge in [-0.3, -0.25) is 9.59 Å². The van der Waals surface area contributed by atoms with Crippen LogP contribution < -0.4 is 0 Å². The Morgan fingerprint density at radius 3 is 2.50 bits per heavy atom. The van der Waals surface area contributed by atoms with Crippen molar-refractivity contribution in [1.29, 1.82) is 0 Å². The zero-order valence-corrected chi connectivity index (χ0v) is 12.6. The summed E-state index contributed by atoms with van der Waals surface area (Å²) in [5.74, 6) is -0.566. The standard InChI is InChI=1S/C16H16ClNO4/c17-13-5-3-12(4-6-13)10-18(11-16(20)21)15(19)8-7-14-2-1-9-22-14/h1-6,9H,7-8,10-11H2,(H,20,21). The van der Waals surface area contributed by atoms with Gasteiger partial charge < -0.3 is 14.4 Å². The molecular formula is C16H16ClNO4. The van der Waals surface area contributed by atoms with Crippen molar-refractivity contribution in [3.63, 3.8) is 0 Å². The first-order chi connectivity index (χ1) is 10.5. The quantitative estimate of drug-likeness (QED) is 0.851. The Kier molecular flexibility index (Phi) is 5.61. The topological polar surface area (TPSA) is 70.8 Å². The van der Waals surface area contributed by atoms with E-state index in [0.29, 0.717) is 17.2 Å². The van der Waals surface area contributed by atoms with Crippen LogP contribution in [-0.2, 0) is 22.6 Å². The molecule has 1 amide bonds. The third kappa shape index (κ3) is 4.93. The summed E-state index contributed by atoms with van der Waals surface area (Å²) in [5.41, 5.74) is 0.831. The number of benzene rings is 1.